The van der Waals surface area contributed by atoms with Gasteiger partial charge in [-0.15, -0.1) is 0 Å². The van der Waals surface area contributed by atoms with Gasteiger partial charge >= 0.3 is 11.9 Å². The number of carbonyl (C=O) groups excluding carboxylic acids is 5. The predicted molar refractivity (Wildman–Crippen MR) is 156 cm³/mol. The first-order chi connectivity index (χ1) is 20.6. The van der Waals surface area contributed by atoms with Crippen molar-refractivity contribution >= 4 is 29.6 Å². The molecular weight excluding hydrogens is 578 g/mol. The molecule has 0 aliphatic carbocycles. The van der Waals surface area contributed by atoms with E-state index >= 15 is 0 Å². The number of carbonyl (C=O) groups is 5. The van der Waals surface area contributed by atoms with Crippen LogP contribution in [-0.2, 0) is 23.9 Å². The van der Waals surface area contributed by atoms with E-state index in [4.69, 9.17) is 9.47 Å². The summed E-state index contributed by atoms with van der Waals surface area (Å²) in [6.45, 7) is 10.5. The average Bonchev–Trinajstić information content (AvgIpc) is 3.44. The van der Waals surface area contributed by atoms with Crippen LogP contribution in [0.1, 0.15) is 75.1 Å². The van der Waals surface area contributed by atoms with Crippen LogP contribution in [0, 0.1) is 11.8 Å². The van der Waals surface area contributed by atoms with Crippen molar-refractivity contribution in [2.24, 2.45) is 11.8 Å². The van der Waals surface area contributed by atoms with Crippen LogP contribution in [-0.4, -0.2) is 90.3 Å². The largest absolute Gasteiger partial charge is 0.423 e. The van der Waals surface area contributed by atoms with Gasteiger partial charge in [-0.2, -0.15) is 8.78 Å². The Morgan fingerprint density at radius 3 is 2.09 bits per heavy atom. The molecule has 13 heteroatoms. The minimum absolute atomic E-state index is 0.0158. The summed E-state index contributed by atoms with van der Waals surface area (Å²) in [5.74, 6) is -8.37. The lowest BCUT2D eigenvalue weighted by Gasteiger charge is -2.33. The van der Waals surface area contributed by atoms with Crippen LogP contribution >= 0.6 is 0 Å². The average molecular weight is 621 g/mol. The minimum Gasteiger partial charge on any atom is -0.423 e. The van der Waals surface area contributed by atoms with Gasteiger partial charge in [0.15, 0.2) is 5.76 Å². The summed E-state index contributed by atoms with van der Waals surface area (Å²) in [6, 6.07) is 4.00. The van der Waals surface area contributed by atoms with Crippen molar-refractivity contribution in [3.63, 3.8) is 0 Å². The quantitative estimate of drug-likeness (QED) is 0.301. The summed E-state index contributed by atoms with van der Waals surface area (Å²) in [4.78, 5) is 67.2. The summed E-state index contributed by atoms with van der Waals surface area (Å²) in [6.07, 6.45) is 0.770. The number of hydrogen-bond donors (Lipinski definition) is 2. The molecule has 11 nitrogen and oxygen atoms in total. The first-order valence-electron chi connectivity index (χ1n) is 14.8. The number of ether oxygens (including phenoxy) is 2. The fraction of sp³-hybridized carbons (Fsp3) is 0.581. The van der Waals surface area contributed by atoms with Gasteiger partial charge in [0.25, 0.3) is 11.8 Å². The van der Waals surface area contributed by atoms with E-state index in [-0.39, 0.29) is 30.1 Å². The van der Waals surface area contributed by atoms with E-state index in [2.05, 4.69) is 10.6 Å². The van der Waals surface area contributed by atoms with E-state index in [0.29, 0.717) is 45.2 Å². The summed E-state index contributed by atoms with van der Waals surface area (Å²) in [7, 11) is 0. The Kier molecular flexibility index (Phi) is 11.6. The van der Waals surface area contributed by atoms with Crippen LogP contribution in [0.2, 0.25) is 0 Å². The van der Waals surface area contributed by atoms with Crippen LogP contribution in [0.5, 0.6) is 0 Å². The smallest absolute Gasteiger partial charge is 0.307 e. The topological polar surface area (TPSA) is 134 Å². The normalized spacial score (nSPS) is 18.5. The lowest BCUT2D eigenvalue weighted by molar-refractivity contribution is -0.142. The fourth-order valence-electron chi connectivity index (χ4n) is 5.32. The Bertz CT molecular complexity index is 1270. The molecule has 242 valence electrons. The number of allylic oxidation sites excluding steroid dienone is 2. The van der Waals surface area contributed by atoms with Crippen LogP contribution in [0.4, 0.5) is 8.78 Å². The first kappa shape index (κ1) is 34.6. The van der Waals surface area contributed by atoms with Gasteiger partial charge in [0.05, 0.1) is 18.9 Å². The molecule has 2 atom stereocenters. The van der Waals surface area contributed by atoms with E-state index in [1.807, 2.05) is 0 Å². The van der Waals surface area contributed by atoms with E-state index < -0.39 is 59.3 Å². The zero-order valence-corrected chi connectivity index (χ0v) is 26.1. The lowest BCUT2D eigenvalue weighted by atomic mass is 10.0. The summed E-state index contributed by atoms with van der Waals surface area (Å²) < 4.78 is 39.4. The molecule has 2 aliphatic rings. The number of imide groups is 1. The zero-order chi connectivity index (χ0) is 32.8. The van der Waals surface area contributed by atoms with Gasteiger partial charge < -0.3 is 24.6 Å². The Labute approximate surface area is 256 Å². The SMILES string of the molecule is CC(=O)O/C(=C(\C(C)C)N1CCC[C@H]1C(=O)NC(=O)[C@@H](NC(=O)c1ccc(C(=O)N2CCOCC2)cc1)C(C)C)C(C)(F)F. The van der Waals surface area contributed by atoms with Gasteiger partial charge in [0.2, 0.25) is 11.8 Å². The summed E-state index contributed by atoms with van der Waals surface area (Å²) in [5, 5.41) is 5.01. The van der Waals surface area contributed by atoms with Crippen LogP contribution in [0.15, 0.2) is 35.7 Å². The second-order valence-electron chi connectivity index (χ2n) is 11.7. The number of esters is 1. The minimum atomic E-state index is -3.49. The Balaban J connectivity index is 1.73. The van der Waals surface area contributed by atoms with Gasteiger partial charge in [0.1, 0.15) is 12.1 Å². The number of halogens is 2. The van der Waals surface area contributed by atoms with Crippen molar-refractivity contribution in [3.05, 3.63) is 46.8 Å². The highest BCUT2D eigenvalue weighted by molar-refractivity contribution is 6.03. The first-order valence-corrected chi connectivity index (χ1v) is 14.8. The van der Waals surface area contributed by atoms with Crippen molar-refractivity contribution in [1.82, 2.24) is 20.4 Å². The number of hydrogen-bond acceptors (Lipinski definition) is 8. The molecule has 2 saturated heterocycles. The Hall–Kier alpha value is -3.87. The summed E-state index contributed by atoms with van der Waals surface area (Å²) in [5.41, 5.74) is 0.656. The van der Waals surface area contributed by atoms with Gasteiger partial charge in [0, 0.05) is 44.6 Å². The van der Waals surface area contributed by atoms with Gasteiger partial charge in [-0.3, -0.25) is 29.3 Å². The van der Waals surface area contributed by atoms with E-state index in [1.165, 1.54) is 17.0 Å². The molecule has 0 spiro atoms. The van der Waals surface area contributed by atoms with Crippen LogP contribution in [0.25, 0.3) is 0 Å². The maximum absolute atomic E-state index is 14.6. The molecule has 2 N–H and O–H groups in total. The monoisotopic (exact) mass is 620 g/mol. The molecule has 2 heterocycles. The molecule has 0 saturated carbocycles. The molecule has 2 fully saturated rings. The molecule has 0 unspecified atom stereocenters. The van der Waals surface area contributed by atoms with E-state index in [9.17, 15) is 32.8 Å². The molecule has 4 amide bonds. The van der Waals surface area contributed by atoms with Crippen LogP contribution < -0.4 is 10.6 Å². The third-order valence-electron chi connectivity index (χ3n) is 7.46. The maximum atomic E-state index is 14.6. The van der Waals surface area contributed by atoms with Gasteiger partial charge in [-0.25, -0.2) is 0 Å². The molecule has 1 aromatic carbocycles. The Morgan fingerprint density at radius 2 is 1.57 bits per heavy atom. The highest BCUT2D eigenvalue weighted by Gasteiger charge is 2.42. The number of amides is 4. The number of benzene rings is 1. The van der Waals surface area contributed by atoms with E-state index in [0.717, 1.165) is 6.92 Å². The molecule has 0 radical (unpaired) electrons. The van der Waals surface area contributed by atoms with Crippen LogP contribution in [0.3, 0.4) is 0 Å². The number of nitrogens with one attached hydrogen (secondary N) is 2. The number of likely N-dealkylation sites (tertiary alicyclic amines) is 1. The number of morpholine rings is 1. The third kappa shape index (κ3) is 8.61. The van der Waals surface area contributed by atoms with Crippen molar-refractivity contribution in [3.8, 4) is 0 Å². The van der Waals surface area contributed by atoms with Crippen molar-refractivity contribution in [2.75, 3.05) is 32.8 Å². The molecular formula is C31H42F2N4O7. The highest BCUT2D eigenvalue weighted by atomic mass is 19.3. The van der Waals surface area contributed by atoms with Gasteiger partial charge in [-0.05, 0) is 48.9 Å². The van der Waals surface area contributed by atoms with Gasteiger partial charge in [-0.1, -0.05) is 27.7 Å². The Morgan fingerprint density at radius 1 is 0.977 bits per heavy atom. The molecule has 1 aromatic rings. The third-order valence-corrected chi connectivity index (χ3v) is 7.46. The molecule has 0 bridgehead atoms. The van der Waals surface area contributed by atoms with Crippen molar-refractivity contribution < 1.29 is 42.2 Å². The zero-order valence-electron chi connectivity index (χ0n) is 26.1. The number of nitrogens with zero attached hydrogens (tertiary/aromatic N) is 2. The fourth-order valence-corrected chi connectivity index (χ4v) is 5.32. The molecule has 3 rings (SSSR count). The predicted octanol–water partition coefficient (Wildman–Crippen LogP) is 3.11. The number of rotatable bonds is 10. The molecule has 0 aromatic heterocycles. The lowest BCUT2D eigenvalue weighted by Crippen LogP contribution is -2.54. The maximum Gasteiger partial charge on any atom is 0.307 e. The second kappa shape index (κ2) is 14.7. The second-order valence-corrected chi connectivity index (χ2v) is 11.7. The summed E-state index contributed by atoms with van der Waals surface area (Å²) >= 11 is 0. The standard InChI is InChI=1S/C31H42F2N4O7/c1-18(2)24(34-27(39)21-9-11-22(12-10-21)30(42)36-14-16-43-17-15-36)29(41)35-28(40)23-8-7-13-37(23)25(19(3)4)26(31(6,32)33)44-20(5)38/h9-12,18-19,23-24H,7-8,13-17H2,1-6H3,(H,34,39)(H,35,40,41)/b26-25+/t23-,24-/m0/s1. The van der Waals surface area contributed by atoms with E-state index in [1.54, 1.807) is 44.7 Å². The number of alkyl halides is 2. The van der Waals surface area contributed by atoms with Crippen molar-refractivity contribution in [1.29, 1.82) is 0 Å². The molecule has 2 aliphatic heterocycles. The molecule has 44 heavy (non-hydrogen) atoms. The highest BCUT2D eigenvalue weighted by Crippen LogP contribution is 2.36. The van der Waals surface area contributed by atoms with Crippen molar-refractivity contribution in [2.45, 2.75) is 72.4 Å².